The summed E-state index contributed by atoms with van der Waals surface area (Å²) >= 11 is 0. The molecular formula is C8H16Li2NO3P. The number of hydrogen-bond donors (Lipinski definition) is 1. The molecule has 78 valence electrons. The molecule has 15 heavy (non-hydrogen) atoms. The van der Waals surface area contributed by atoms with Gasteiger partial charge in [0.15, 0.2) is 0 Å². The van der Waals surface area contributed by atoms with Crippen LogP contribution >= 0.6 is 7.60 Å². The molecule has 0 radical (unpaired) electrons. The van der Waals surface area contributed by atoms with Crippen LogP contribution in [0, 0.1) is 11.8 Å². The third-order valence-corrected chi connectivity index (χ3v) is 4.54. The van der Waals surface area contributed by atoms with E-state index in [0.717, 1.165) is 0 Å². The second-order valence-corrected chi connectivity index (χ2v) is 5.94. The summed E-state index contributed by atoms with van der Waals surface area (Å²) in [6.07, 6.45) is 1.06. The molecule has 4 unspecified atom stereocenters. The van der Waals surface area contributed by atoms with Crippen LogP contribution in [0.1, 0.15) is 26.7 Å². The number of hydrogen-bond acceptors (Lipinski definition) is 4. The molecule has 1 fully saturated rings. The fourth-order valence-electron chi connectivity index (χ4n) is 1.97. The van der Waals surface area contributed by atoms with Crippen molar-refractivity contribution < 1.29 is 52.1 Å². The summed E-state index contributed by atoms with van der Waals surface area (Å²) in [6, 6.07) is -0.466. The summed E-state index contributed by atoms with van der Waals surface area (Å²) in [5, 5.41) is 0. The van der Waals surface area contributed by atoms with Gasteiger partial charge >= 0.3 is 37.7 Å². The minimum absolute atomic E-state index is 0. The van der Waals surface area contributed by atoms with Crippen molar-refractivity contribution in [3.05, 3.63) is 0 Å². The summed E-state index contributed by atoms with van der Waals surface area (Å²) in [5.41, 5.74) is 4.80. The fraction of sp³-hybridized carbons (Fsp3) is 1.00. The Balaban J connectivity index is 0. The first kappa shape index (κ1) is 18.7. The maximum atomic E-state index is 10.8. The van der Waals surface area contributed by atoms with Crippen LogP contribution in [0.25, 0.3) is 0 Å². The monoisotopic (exact) mass is 219 g/mol. The van der Waals surface area contributed by atoms with Gasteiger partial charge in [-0.15, -0.1) is 0 Å². The predicted molar refractivity (Wildman–Crippen MR) is 46.9 cm³/mol. The van der Waals surface area contributed by atoms with Crippen LogP contribution in [0.15, 0.2) is 0 Å². The van der Waals surface area contributed by atoms with Crippen molar-refractivity contribution in [2.45, 2.75) is 38.4 Å². The van der Waals surface area contributed by atoms with E-state index in [1.807, 2.05) is 13.8 Å². The summed E-state index contributed by atoms with van der Waals surface area (Å²) in [5.74, 6) is 0.693. The van der Waals surface area contributed by atoms with Crippen molar-refractivity contribution in [1.82, 2.24) is 0 Å². The topological polar surface area (TPSA) is 89.2 Å². The molecule has 1 aliphatic carbocycles. The van der Waals surface area contributed by atoms with E-state index in [-0.39, 0.29) is 43.6 Å². The van der Waals surface area contributed by atoms with Gasteiger partial charge in [0.25, 0.3) is 0 Å². The quantitative estimate of drug-likeness (QED) is 0.351. The summed E-state index contributed by atoms with van der Waals surface area (Å²) in [7, 11) is -4.49. The maximum absolute atomic E-state index is 10.8. The molecule has 1 aliphatic rings. The van der Waals surface area contributed by atoms with Crippen LogP contribution in [0.3, 0.4) is 0 Å². The summed E-state index contributed by atoms with van der Waals surface area (Å²) < 4.78 is 10.8. The van der Waals surface area contributed by atoms with E-state index in [4.69, 9.17) is 5.73 Å². The van der Waals surface area contributed by atoms with Crippen molar-refractivity contribution in [1.29, 1.82) is 0 Å². The molecule has 0 heterocycles. The van der Waals surface area contributed by atoms with Crippen molar-refractivity contribution in [2.75, 3.05) is 0 Å². The van der Waals surface area contributed by atoms with Crippen molar-refractivity contribution in [2.24, 2.45) is 17.6 Å². The van der Waals surface area contributed by atoms with Gasteiger partial charge in [0.05, 0.1) is 0 Å². The largest absolute Gasteiger partial charge is 1.00 e. The molecule has 4 nitrogen and oxygen atoms in total. The van der Waals surface area contributed by atoms with Crippen LogP contribution < -0.4 is 53.2 Å². The Labute approximate surface area is 115 Å². The van der Waals surface area contributed by atoms with Gasteiger partial charge in [-0.3, -0.25) is 0 Å². The molecule has 0 aromatic rings. The molecule has 1 rings (SSSR count). The molecule has 0 saturated heterocycles. The van der Waals surface area contributed by atoms with Crippen molar-refractivity contribution >= 4 is 7.60 Å². The van der Waals surface area contributed by atoms with Gasteiger partial charge in [0.1, 0.15) is 0 Å². The second-order valence-electron chi connectivity index (χ2n) is 4.20. The van der Waals surface area contributed by atoms with Crippen LogP contribution in [0.2, 0.25) is 0 Å². The summed E-state index contributed by atoms with van der Waals surface area (Å²) in [6.45, 7) is 4.01. The number of nitrogens with two attached hydrogens (primary N) is 1. The predicted octanol–water partition coefficient (Wildman–Crippen LogP) is -6.33. The zero-order valence-corrected chi connectivity index (χ0v) is 10.9. The Kier molecular flexibility index (Phi) is 8.59. The van der Waals surface area contributed by atoms with Crippen LogP contribution in [0.5, 0.6) is 0 Å². The Morgan fingerprint density at radius 2 is 1.53 bits per heavy atom. The Morgan fingerprint density at radius 3 is 1.93 bits per heavy atom. The zero-order valence-electron chi connectivity index (χ0n) is 9.97. The normalized spacial score (nSPS) is 36.3. The van der Waals surface area contributed by atoms with Gasteiger partial charge < -0.3 is 20.1 Å². The van der Waals surface area contributed by atoms with Gasteiger partial charge in [0, 0.05) is 11.7 Å². The first-order valence-corrected chi connectivity index (χ1v) is 6.21. The summed E-state index contributed by atoms with van der Waals surface area (Å²) in [4.78, 5) is 21.7. The van der Waals surface area contributed by atoms with Gasteiger partial charge in [-0.05, 0) is 24.7 Å². The van der Waals surface area contributed by atoms with E-state index in [1.165, 1.54) is 0 Å². The van der Waals surface area contributed by atoms with Gasteiger partial charge in [0.2, 0.25) is 0 Å². The molecule has 0 aromatic heterocycles. The molecule has 0 spiro atoms. The molecule has 4 atom stereocenters. The molecule has 0 bridgehead atoms. The molecule has 0 aliphatic heterocycles. The van der Waals surface area contributed by atoms with Crippen molar-refractivity contribution in [3.8, 4) is 0 Å². The van der Waals surface area contributed by atoms with Crippen LogP contribution in [-0.4, -0.2) is 11.7 Å². The standard InChI is InChI=1S/C8H18NO3P.2Li/c1-5-3-7(9)8(4-6(5)2)13(10,11)12;;/h5-8H,3-4,9H2,1-2H3,(H2,10,11,12);;/q;2*+1/p-2. The second kappa shape index (κ2) is 6.90. The van der Waals surface area contributed by atoms with E-state index in [9.17, 15) is 14.4 Å². The molecule has 7 heteroatoms. The van der Waals surface area contributed by atoms with E-state index >= 15 is 0 Å². The molecule has 0 aromatic carbocycles. The average Bonchev–Trinajstić information content (AvgIpc) is 1.94. The first-order chi connectivity index (χ1) is 5.82. The SMILES string of the molecule is CC1CC(N)C(P(=O)([O-])[O-])CC1C.[Li+].[Li+]. The molecular weight excluding hydrogens is 203 g/mol. The average molecular weight is 219 g/mol. The van der Waals surface area contributed by atoms with Gasteiger partial charge in [-0.25, -0.2) is 0 Å². The van der Waals surface area contributed by atoms with Crippen LogP contribution in [0.4, 0.5) is 0 Å². The van der Waals surface area contributed by atoms with Gasteiger partial charge in [-0.2, -0.15) is 0 Å². The Bertz CT molecular complexity index is 236. The third-order valence-electron chi connectivity index (χ3n) is 3.13. The zero-order chi connectivity index (χ0) is 10.2. The smallest absolute Gasteiger partial charge is 0.810 e. The third kappa shape index (κ3) is 4.99. The number of rotatable bonds is 1. The van der Waals surface area contributed by atoms with Crippen molar-refractivity contribution in [3.63, 3.8) is 0 Å². The minimum Gasteiger partial charge on any atom is -0.810 e. The van der Waals surface area contributed by atoms with E-state index in [1.54, 1.807) is 0 Å². The molecule has 0 amide bonds. The minimum atomic E-state index is -4.49. The Morgan fingerprint density at radius 1 is 1.13 bits per heavy atom. The van der Waals surface area contributed by atoms with E-state index < -0.39 is 19.3 Å². The van der Waals surface area contributed by atoms with E-state index in [2.05, 4.69) is 0 Å². The van der Waals surface area contributed by atoms with Crippen LogP contribution in [-0.2, 0) is 4.57 Å². The van der Waals surface area contributed by atoms with E-state index in [0.29, 0.717) is 18.8 Å². The molecule has 1 saturated carbocycles. The van der Waals surface area contributed by atoms with Gasteiger partial charge in [-0.1, -0.05) is 21.4 Å². The molecule has 2 N–H and O–H groups in total. The maximum Gasteiger partial charge on any atom is 1.00 e. The Hall–Kier alpha value is 1.30. The first-order valence-electron chi connectivity index (χ1n) is 4.59. The fourth-order valence-corrected chi connectivity index (χ4v) is 3.15.